The standard InChI is InChI=1S/C19H23N3O4/c1-20-15-7-6-14(12-16(15)26-19(20)25)18(24)22-10-8-21(9-11-22)17(23)13-4-2-3-5-13/h6-7,12-13H,2-5,8-11H2,1H3. The average molecular weight is 357 g/mol. The fourth-order valence-corrected chi connectivity index (χ4v) is 4.01. The maximum absolute atomic E-state index is 12.8. The zero-order valence-electron chi connectivity index (χ0n) is 14.9. The first-order valence-corrected chi connectivity index (χ1v) is 9.22. The maximum atomic E-state index is 12.8. The van der Waals surface area contributed by atoms with E-state index in [1.54, 1.807) is 30.1 Å². The quantitative estimate of drug-likeness (QED) is 0.818. The van der Waals surface area contributed by atoms with Crippen LogP contribution in [0.5, 0.6) is 0 Å². The highest BCUT2D eigenvalue weighted by Crippen LogP contribution is 2.27. The lowest BCUT2D eigenvalue weighted by atomic mass is 10.1. The molecule has 1 saturated heterocycles. The van der Waals surface area contributed by atoms with Gasteiger partial charge in [0.2, 0.25) is 5.91 Å². The third-order valence-electron chi connectivity index (χ3n) is 5.62. The lowest BCUT2D eigenvalue weighted by Gasteiger charge is -2.36. The van der Waals surface area contributed by atoms with Crippen molar-refractivity contribution in [1.29, 1.82) is 0 Å². The number of aromatic nitrogens is 1. The normalized spacial score (nSPS) is 18.7. The first-order chi connectivity index (χ1) is 12.5. The minimum absolute atomic E-state index is 0.0913. The summed E-state index contributed by atoms with van der Waals surface area (Å²) in [7, 11) is 1.64. The summed E-state index contributed by atoms with van der Waals surface area (Å²) in [5.74, 6) is -0.0993. The highest BCUT2D eigenvalue weighted by molar-refractivity contribution is 5.97. The number of carbonyl (C=O) groups is 2. The van der Waals surface area contributed by atoms with Gasteiger partial charge in [0.1, 0.15) is 0 Å². The van der Waals surface area contributed by atoms with Gasteiger partial charge in [0.25, 0.3) is 5.91 Å². The molecule has 1 saturated carbocycles. The number of rotatable bonds is 2. The number of amides is 2. The predicted octanol–water partition coefficient (Wildman–Crippen LogP) is 1.61. The first kappa shape index (κ1) is 16.9. The molecule has 2 heterocycles. The summed E-state index contributed by atoms with van der Waals surface area (Å²) in [4.78, 5) is 40.5. The van der Waals surface area contributed by atoms with E-state index in [9.17, 15) is 14.4 Å². The van der Waals surface area contributed by atoms with E-state index in [1.165, 1.54) is 4.57 Å². The molecule has 2 fully saturated rings. The minimum Gasteiger partial charge on any atom is -0.408 e. The lowest BCUT2D eigenvalue weighted by Crippen LogP contribution is -2.51. The maximum Gasteiger partial charge on any atom is 0.419 e. The number of oxazole rings is 1. The lowest BCUT2D eigenvalue weighted by molar-refractivity contribution is -0.136. The average Bonchev–Trinajstić information content (AvgIpc) is 3.29. The molecule has 26 heavy (non-hydrogen) atoms. The van der Waals surface area contributed by atoms with Gasteiger partial charge in [0, 0.05) is 44.7 Å². The van der Waals surface area contributed by atoms with E-state index in [2.05, 4.69) is 0 Å². The van der Waals surface area contributed by atoms with Crippen molar-refractivity contribution >= 4 is 22.9 Å². The van der Waals surface area contributed by atoms with Gasteiger partial charge in [-0.25, -0.2) is 4.79 Å². The smallest absolute Gasteiger partial charge is 0.408 e. The van der Waals surface area contributed by atoms with Crippen LogP contribution in [0.25, 0.3) is 11.1 Å². The second-order valence-electron chi connectivity index (χ2n) is 7.21. The Kier molecular flexibility index (Phi) is 4.30. The van der Waals surface area contributed by atoms with Crippen molar-refractivity contribution in [2.75, 3.05) is 26.2 Å². The summed E-state index contributed by atoms with van der Waals surface area (Å²) in [5, 5.41) is 0. The third-order valence-corrected chi connectivity index (χ3v) is 5.62. The second kappa shape index (κ2) is 6.63. The van der Waals surface area contributed by atoms with Crippen LogP contribution in [0.2, 0.25) is 0 Å². The predicted molar refractivity (Wildman–Crippen MR) is 95.9 cm³/mol. The fraction of sp³-hybridized carbons (Fsp3) is 0.526. The number of fused-ring (bicyclic) bond motifs is 1. The van der Waals surface area contributed by atoms with E-state index in [-0.39, 0.29) is 17.7 Å². The van der Waals surface area contributed by atoms with Gasteiger partial charge >= 0.3 is 5.76 Å². The van der Waals surface area contributed by atoms with Crippen LogP contribution in [-0.4, -0.2) is 52.4 Å². The first-order valence-electron chi connectivity index (χ1n) is 9.22. The van der Waals surface area contributed by atoms with E-state index in [4.69, 9.17) is 4.42 Å². The Morgan fingerprint density at radius 2 is 1.69 bits per heavy atom. The molecule has 1 aromatic heterocycles. The van der Waals surface area contributed by atoms with Crippen LogP contribution in [0.15, 0.2) is 27.4 Å². The summed E-state index contributed by atoms with van der Waals surface area (Å²) in [5.41, 5.74) is 1.58. The Hall–Kier alpha value is -2.57. The van der Waals surface area contributed by atoms with E-state index in [0.29, 0.717) is 42.8 Å². The molecule has 0 N–H and O–H groups in total. The zero-order chi connectivity index (χ0) is 18.3. The summed E-state index contributed by atoms with van der Waals surface area (Å²) >= 11 is 0. The molecule has 0 spiro atoms. The highest BCUT2D eigenvalue weighted by atomic mass is 16.4. The Morgan fingerprint density at radius 1 is 1.04 bits per heavy atom. The van der Waals surface area contributed by atoms with Gasteiger partial charge in [-0.1, -0.05) is 12.8 Å². The molecule has 7 heteroatoms. The number of benzene rings is 1. The molecule has 2 aromatic rings. The molecule has 138 valence electrons. The molecule has 0 atom stereocenters. The minimum atomic E-state index is -0.441. The van der Waals surface area contributed by atoms with Gasteiger partial charge in [-0.15, -0.1) is 0 Å². The molecule has 2 aliphatic rings. The number of hydrogen-bond donors (Lipinski definition) is 0. The summed E-state index contributed by atoms with van der Waals surface area (Å²) in [6, 6.07) is 5.07. The topological polar surface area (TPSA) is 75.8 Å². The van der Waals surface area contributed by atoms with E-state index >= 15 is 0 Å². The van der Waals surface area contributed by atoms with Crippen LogP contribution < -0.4 is 5.76 Å². The van der Waals surface area contributed by atoms with E-state index < -0.39 is 5.76 Å². The second-order valence-corrected chi connectivity index (χ2v) is 7.21. The molecule has 1 aliphatic carbocycles. The zero-order valence-corrected chi connectivity index (χ0v) is 14.9. The van der Waals surface area contributed by atoms with Crippen molar-refractivity contribution in [3.8, 4) is 0 Å². The van der Waals surface area contributed by atoms with Gasteiger partial charge in [-0.2, -0.15) is 0 Å². The molecule has 0 unspecified atom stereocenters. The van der Waals surface area contributed by atoms with Crippen molar-refractivity contribution in [3.63, 3.8) is 0 Å². The van der Waals surface area contributed by atoms with Crippen LogP contribution in [0.1, 0.15) is 36.0 Å². The van der Waals surface area contributed by atoms with E-state index in [1.807, 2.05) is 4.90 Å². The summed E-state index contributed by atoms with van der Waals surface area (Å²) in [6.07, 6.45) is 4.29. The summed E-state index contributed by atoms with van der Waals surface area (Å²) in [6.45, 7) is 2.25. The van der Waals surface area contributed by atoms with Crippen LogP contribution in [0, 0.1) is 5.92 Å². The fourth-order valence-electron chi connectivity index (χ4n) is 4.01. The SMILES string of the molecule is Cn1c(=O)oc2cc(C(=O)N3CCN(C(=O)C4CCCC4)CC3)ccc21. The Bertz CT molecular complexity index is 899. The van der Waals surface area contributed by atoms with Crippen molar-refractivity contribution < 1.29 is 14.0 Å². The Labute approximate surface area is 151 Å². The van der Waals surface area contributed by atoms with Gasteiger partial charge in [0.05, 0.1) is 5.52 Å². The molecular weight excluding hydrogens is 334 g/mol. The molecule has 1 aromatic carbocycles. The monoisotopic (exact) mass is 357 g/mol. The van der Waals surface area contributed by atoms with Gasteiger partial charge < -0.3 is 14.2 Å². The van der Waals surface area contributed by atoms with Crippen molar-refractivity contribution in [2.24, 2.45) is 13.0 Å². The van der Waals surface area contributed by atoms with Crippen molar-refractivity contribution in [2.45, 2.75) is 25.7 Å². The van der Waals surface area contributed by atoms with E-state index in [0.717, 1.165) is 25.7 Å². The Morgan fingerprint density at radius 3 is 2.38 bits per heavy atom. The van der Waals surface area contributed by atoms with Gasteiger partial charge in [-0.3, -0.25) is 14.2 Å². The molecule has 4 rings (SSSR count). The van der Waals surface area contributed by atoms with Crippen molar-refractivity contribution in [3.05, 3.63) is 34.3 Å². The van der Waals surface area contributed by atoms with Crippen LogP contribution in [-0.2, 0) is 11.8 Å². The number of hydrogen-bond acceptors (Lipinski definition) is 4. The molecule has 0 bridgehead atoms. The highest BCUT2D eigenvalue weighted by Gasteiger charge is 2.30. The Balaban J connectivity index is 1.43. The number of piperazine rings is 1. The molecular formula is C19H23N3O4. The van der Waals surface area contributed by atoms with Gasteiger partial charge in [-0.05, 0) is 31.0 Å². The molecule has 2 amide bonds. The molecule has 0 radical (unpaired) electrons. The summed E-state index contributed by atoms with van der Waals surface area (Å²) < 4.78 is 6.58. The third kappa shape index (κ3) is 2.91. The van der Waals surface area contributed by atoms with Gasteiger partial charge in [0.15, 0.2) is 5.58 Å². The number of carbonyl (C=O) groups excluding carboxylic acids is 2. The molecule has 7 nitrogen and oxygen atoms in total. The van der Waals surface area contributed by atoms with Crippen molar-refractivity contribution in [1.82, 2.24) is 14.4 Å². The largest absolute Gasteiger partial charge is 0.419 e. The number of aryl methyl sites for hydroxylation is 1. The molecule has 1 aliphatic heterocycles. The van der Waals surface area contributed by atoms with Crippen LogP contribution in [0.3, 0.4) is 0 Å². The van der Waals surface area contributed by atoms with Crippen LogP contribution >= 0.6 is 0 Å². The number of nitrogens with zero attached hydrogens (tertiary/aromatic N) is 3. The van der Waals surface area contributed by atoms with Crippen LogP contribution in [0.4, 0.5) is 0 Å².